The fraction of sp³-hybridized carbons (Fsp3) is 0.250. The van der Waals surface area contributed by atoms with E-state index in [1.165, 1.54) is 18.2 Å². The molecule has 130 valence electrons. The van der Waals surface area contributed by atoms with Crippen LogP contribution in [0.1, 0.15) is 46.8 Å². The molecule has 25 heavy (non-hydrogen) atoms. The first kappa shape index (κ1) is 18.4. The van der Waals surface area contributed by atoms with Crippen molar-refractivity contribution in [3.63, 3.8) is 0 Å². The summed E-state index contributed by atoms with van der Waals surface area (Å²) in [6.07, 6.45) is 3.14. The van der Waals surface area contributed by atoms with E-state index in [0.717, 1.165) is 22.4 Å². The second kappa shape index (κ2) is 7.75. The van der Waals surface area contributed by atoms with Gasteiger partial charge in [0.25, 0.3) is 5.69 Å². The van der Waals surface area contributed by atoms with E-state index in [2.05, 4.69) is 0 Å². The van der Waals surface area contributed by atoms with Crippen molar-refractivity contribution in [3.8, 4) is 5.75 Å². The van der Waals surface area contributed by atoms with Gasteiger partial charge in [-0.2, -0.15) is 0 Å². The highest BCUT2D eigenvalue weighted by Gasteiger charge is 2.14. The molecule has 0 fully saturated rings. The number of ether oxygens (including phenoxy) is 1. The quantitative estimate of drug-likeness (QED) is 0.324. The van der Waals surface area contributed by atoms with Crippen LogP contribution in [0, 0.1) is 17.0 Å². The molecule has 0 atom stereocenters. The van der Waals surface area contributed by atoms with Gasteiger partial charge < -0.3 is 4.74 Å². The average Bonchev–Trinajstić information content (AvgIpc) is 2.59. The van der Waals surface area contributed by atoms with Crippen LogP contribution in [0.2, 0.25) is 0 Å². The number of nitrogens with zero attached hydrogens (tertiary/aromatic N) is 1. The summed E-state index contributed by atoms with van der Waals surface area (Å²) in [6, 6.07) is 9.81. The predicted octanol–water partition coefficient (Wildman–Crippen LogP) is 4.93. The summed E-state index contributed by atoms with van der Waals surface area (Å²) in [7, 11) is 1.62. The monoisotopic (exact) mass is 339 g/mol. The van der Waals surface area contributed by atoms with Crippen LogP contribution >= 0.6 is 0 Å². The third-order valence-electron chi connectivity index (χ3n) is 4.00. The SMILES string of the molecule is COc1cc(C)c(C(=O)/C=C/c2ccc([N+](=O)[O-])cc2)cc1C(C)C. The number of carbonyl (C=O) groups is 1. The van der Waals surface area contributed by atoms with Crippen molar-refractivity contribution in [1.29, 1.82) is 0 Å². The van der Waals surface area contributed by atoms with E-state index in [9.17, 15) is 14.9 Å². The number of rotatable bonds is 6. The molecule has 0 saturated carbocycles. The highest BCUT2D eigenvalue weighted by Crippen LogP contribution is 2.30. The van der Waals surface area contributed by atoms with E-state index in [1.54, 1.807) is 25.3 Å². The maximum atomic E-state index is 12.6. The summed E-state index contributed by atoms with van der Waals surface area (Å²) in [4.78, 5) is 22.8. The normalized spacial score (nSPS) is 11.1. The second-order valence-corrected chi connectivity index (χ2v) is 6.11. The Balaban J connectivity index is 2.28. The van der Waals surface area contributed by atoms with Crippen molar-refractivity contribution in [1.82, 2.24) is 0 Å². The molecule has 0 amide bonds. The number of hydrogen-bond donors (Lipinski definition) is 0. The topological polar surface area (TPSA) is 69.4 Å². The zero-order valence-electron chi connectivity index (χ0n) is 14.8. The first-order valence-corrected chi connectivity index (χ1v) is 7.99. The van der Waals surface area contributed by atoms with Crippen LogP contribution < -0.4 is 4.74 Å². The van der Waals surface area contributed by atoms with Crippen molar-refractivity contribution in [3.05, 3.63) is 74.8 Å². The Morgan fingerprint density at radius 1 is 1.20 bits per heavy atom. The third-order valence-corrected chi connectivity index (χ3v) is 4.00. The number of hydrogen-bond acceptors (Lipinski definition) is 4. The summed E-state index contributed by atoms with van der Waals surface area (Å²) >= 11 is 0. The number of ketones is 1. The molecule has 0 spiro atoms. The van der Waals surface area contributed by atoms with Gasteiger partial charge in [-0.1, -0.05) is 19.9 Å². The van der Waals surface area contributed by atoms with Crippen molar-refractivity contribution in [2.45, 2.75) is 26.7 Å². The van der Waals surface area contributed by atoms with Gasteiger partial charge in [-0.25, -0.2) is 0 Å². The van der Waals surface area contributed by atoms with Crippen molar-refractivity contribution < 1.29 is 14.5 Å². The summed E-state index contributed by atoms with van der Waals surface area (Å²) < 4.78 is 5.40. The fourth-order valence-electron chi connectivity index (χ4n) is 2.56. The van der Waals surface area contributed by atoms with E-state index >= 15 is 0 Å². The van der Waals surface area contributed by atoms with Gasteiger partial charge >= 0.3 is 0 Å². The zero-order valence-corrected chi connectivity index (χ0v) is 14.8. The molecule has 0 bridgehead atoms. The van der Waals surface area contributed by atoms with Gasteiger partial charge in [0.2, 0.25) is 0 Å². The molecule has 0 radical (unpaired) electrons. The Hall–Kier alpha value is -2.95. The highest BCUT2D eigenvalue weighted by atomic mass is 16.6. The van der Waals surface area contributed by atoms with E-state index < -0.39 is 4.92 Å². The van der Waals surface area contributed by atoms with Crippen LogP contribution in [0.4, 0.5) is 5.69 Å². The molecule has 2 rings (SSSR count). The van der Waals surface area contributed by atoms with Gasteiger partial charge in [-0.3, -0.25) is 14.9 Å². The molecule has 2 aromatic carbocycles. The van der Waals surface area contributed by atoms with Crippen LogP contribution in [0.15, 0.2) is 42.5 Å². The summed E-state index contributed by atoms with van der Waals surface area (Å²) in [5, 5.41) is 10.7. The van der Waals surface area contributed by atoms with Crippen LogP contribution in [0.5, 0.6) is 5.75 Å². The summed E-state index contributed by atoms with van der Waals surface area (Å²) in [5.74, 6) is 0.907. The van der Waals surface area contributed by atoms with Gasteiger partial charge in [-0.05, 0) is 59.9 Å². The van der Waals surface area contributed by atoms with Gasteiger partial charge in [0.05, 0.1) is 12.0 Å². The molecular weight excluding hydrogens is 318 g/mol. The summed E-state index contributed by atoms with van der Waals surface area (Å²) in [6.45, 7) is 5.97. The standard InChI is InChI=1S/C20H21NO4/c1-13(2)17-12-18(14(3)11-20(17)25-4)19(22)10-7-15-5-8-16(9-6-15)21(23)24/h5-13H,1-4H3/b10-7+. The predicted molar refractivity (Wildman–Crippen MR) is 98.3 cm³/mol. The van der Waals surface area contributed by atoms with Gasteiger partial charge in [0, 0.05) is 17.7 Å². The molecular formula is C20H21NO4. The van der Waals surface area contributed by atoms with Crippen LogP contribution in [0.25, 0.3) is 6.08 Å². The first-order valence-electron chi connectivity index (χ1n) is 7.99. The lowest BCUT2D eigenvalue weighted by molar-refractivity contribution is -0.384. The number of carbonyl (C=O) groups excluding carboxylic acids is 1. The molecule has 5 nitrogen and oxygen atoms in total. The second-order valence-electron chi connectivity index (χ2n) is 6.11. The summed E-state index contributed by atoms with van der Waals surface area (Å²) in [5.41, 5.74) is 3.22. The molecule has 0 aliphatic heterocycles. The van der Waals surface area contributed by atoms with Crippen molar-refractivity contribution >= 4 is 17.5 Å². The Bertz CT molecular complexity index is 820. The van der Waals surface area contributed by atoms with Crippen LogP contribution in [-0.4, -0.2) is 17.8 Å². The van der Waals surface area contributed by atoms with Crippen molar-refractivity contribution in [2.75, 3.05) is 7.11 Å². The van der Waals surface area contributed by atoms with Crippen molar-refractivity contribution in [2.24, 2.45) is 0 Å². The molecule has 0 heterocycles. The first-order chi connectivity index (χ1) is 11.8. The highest BCUT2D eigenvalue weighted by molar-refractivity contribution is 6.08. The third kappa shape index (κ3) is 4.32. The molecule has 0 saturated heterocycles. The average molecular weight is 339 g/mol. The minimum atomic E-state index is -0.452. The Morgan fingerprint density at radius 2 is 1.84 bits per heavy atom. The van der Waals surface area contributed by atoms with E-state index in [-0.39, 0.29) is 17.4 Å². The molecule has 0 aliphatic carbocycles. The largest absolute Gasteiger partial charge is 0.496 e. The minimum Gasteiger partial charge on any atom is -0.496 e. The number of non-ortho nitro benzene ring substituents is 1. The van der Waals surface area contributed by atoms with E-state index in [1.807, 2.05) is 32.9 Å². The number of nitro benzene ring substituents is 1. The minimum absolute atomic E-state index is 0.0241. The lowest BCUT2D eigenvalue weighted by atomic mass is 9.94. The molecule has 0 unspecified atom stereocenters. The number of benzene rings is 2. The number of aryl methyl sites for hydroxylation is 1. The fourth-order valence-corrected chi connectivity index (χ4v) is 2.56. The number of methoxy groups -OCH3 is 1. The Kier molecular flexibility index (Phi) is 5.70. The van der Waals surface area contributed by atoms with Gasteiger partial charge in [0.15, 0.2) is 5.78 Å². The number of allylic oxidation sites excluding steroid dienone is 1. The molecule has 2 aromatic rings. The van der Waals surface area contributed by atoms with Gasteiger partial charge in [0.1, 0.15) is 5.75 Å². The van der Waals surface area contributed by atoms with E-state index in [0.29, 0.717) is 5.56 Å². The maximum Gasteiger partial charge on any atom is 0.269 e. The number of nitro groups is 1. The lowest BCUT2D eigenvalue weighted by Gasteiger charge is -2.15. The molecule has 0 N–H and O–H groups in total. The van der Waals surface area contributed by atoms with Gasteiger partial charge in [-0.15, -0.1) is 0 Å². The van der Waals surface area contributed by atoms with E-state index in [4.69, 9.17) is 4.74 Å². The smallest absolute Gasteiger partial charge is 0.269 e. The Labute approximate surface area is 147 Å². The molecule has 0 aliphatic rings. The molecule has 5 heteroatoms. The van der Waals surface area contributed by atoms with Crippen LogP contribution in [-0.2, 0) is 0 Å². The Morgan fingerprint density at radius 3 is 2.36 bits per heavy atom. The van der Waals surface area contributed by atoms with Crippen LogP contribution in [0.3, 0.4) is 0 Å². The zero-order chi connectivity index (χ0) is 18.6. The molecule has 0 aromatic heterocycles. The lowest BCUT2D eigenvalue weighted by Crippen LogP contribution is -2.03. The maximum absolute atomic E-state index is 12.6.